The van der Waals surface area contributed by atoms with Crippen LogP contribution < -0.4 is 10.7 Å². The number of carbonyl (C=O) groups is 2. The minimum Gasteiger partial charge on any atom is -0.395 e. The first-order chi connectivity index (χ1) is 15.6. The normalized spacial score (nSPS) is 16.5. The number of nitrogens with zero attached hydrogens (tertiary/aromatic N) is 2. The average molecular weight is 438 g/mol. The molecule has 0 radical (unpaired) electrons. The van der Waals surface area contributed by atoms with Gasteiger partial charge in [0.15, 0.2) is 0 Å². The van der Waals surface area contributed by atoms with Gasteiger partial charge in [0, 0.05) is 37.6 Å². The Kier molecular flexibility index (Phi) is 7.05. The number of hydrogen-bond donors (Lipinski definition) is 2. The van der Waals surface area contributed by atoms with Gasteiger partial charge in [0.05, 0.1) is 6.61 Å². The summed E-state index contributed by atoms with van der Waals surface area (Å²) in [6.07, 6.45) is 10.4. The highest BCUT2D eigenvalue weighted by molar-refractivity contribution is 5.99. The van der Waals surface area contributed by atoms with Gasteiger partial charge in [-0.3, -0.25) is 14.4 Å². The van der Waals surface area contributed by atoms with E-state index in [4.69, 9.17) is 0 Å². The summed E-state index contributed by atoms with van der Waals surface area (Å²) in [6, 6.07) is 9.75. The lowest BCUT2D eigenvalue weighted by atomic mass is 9.95. The van der Waals surface area contributed by atoms with Crippen molar-refractivity contribution >= 4 is 11.8 Å². The van der Waals surface area contributed by atoms with Crippen molar-refractivity contribution in [2.45, 2.75) is 63.6 Å². The zero-order valence-electron chi connectivity index (χ0n) is 18.3. The number of nitrogens with one attached hydrogen (secondary N) is 1. The third-order valence-corrected chi connectivity index (χ3v) is 6.30. The third-order valence-electron chi connectivity index (χ3n) is 6.30. The Morgan fingerprint density at radius 3 is 2.34 bits per heavy atom. The molecule has 2 aliphatic rings. The molecule has 0 unspecified atom stereocenters. The molecule has 0 spiro atoms. The monoisotopic (exact) mass is 437 g/mol. The van der Waals surface area contributed by atoms with Gasteiger partial charge in [-0.05, 0) is 31.2 Å². The first-order valence-corrected chi connectivity index (χ1v) is 11.6. The summed E-state index contributed by atoms with van der Waals surface area (Å²) in [5, 5.41) is 12.4. The van der Waals surface area contributed by atoms with Gasteiger partial charge in [0.2, 0.25) is 5.43 Å². The van der Waals surface area contributed by atoms with E-state index in [1.165, 1.54) is 11.3 Å². The van der Waals surface area contributed by atoms with E-state index in [-0.39, 0.29) is 42.9 Å². The predicted molar refractivity (Wildman–Crippen MR) is 122 cm³/mol. The van der Waals surface area contributed by atoms with Crippen molar-refractivity contribution in [2.24, 2.45) is 0 Å². The quantitative estimate of drug-likeness (QED) is 0.664. The molecular weight excluding hydrogens is 406 g/mol. The molecule has 0 atom stereocenters. The Balaban J connectivity index is 1.69. The number of aliphatic hydroxyl groups excluding tert-OH is 1. The molecule has 2 saturated carbocycles. The molecule has 1 aromatic heterocycles. The molecule has 170 valence electrons. The van der Waals surface area contributed by atoms with E-state index in [1.807, 2.05) is 34.9 Å². The van der Waals surface area contributed by atoms with E-state index in [1.54, 1.807) is 12.4 Å². The molecule has 2 fully saturated rings. The van der Waals surface area contributed by atoms with Crippen molar-refractivity contribution in [1.29, 1.82) is 0 Å². The Bertz CT molecular complexity index is 1010. The molecular formula is C25H31N3O4. The van der Waals surface area contributed by atoms with Gasteiger partial charge in [-0.2, -0.15) is 0 Å². The second-order valence-corrected chi connectivity index (χ2v) is 8.84. The van der Waals surface area contributed by atoms with Crippen LogP contribution >= 0.6 is 0 Å². The van der Waals surface area contributed by atoms with Gasteiger partial charge in [-0.15, -0.1) is 0 Å². The van der Waals surface area contributed by atoms with Gasteiger partial charge in [-0.1, -0.05) is 49.6 Å². The maximum Gasteiger partial charge on any atom is 0.259 e. The predicted octanol–water partition coefficient (Wildman–Crippen LogP) is 2.88. The lowest BCUT2D eigenvalue weighted by Gasteiger charge is -2.27. The summed E-state index contributed by atoms with van der Waals surface area (Å²) in [5.41, 5.74) is 0.376. The molecule has 4 rings (SSSR count). The SMILES string of the molecule is O=C(NC1CC1)c1cn(C2CCCCC2)cc(C(=O)N(CCO)Cc2ccccc2)c1=O. The van der Waals surface area contributed by atoms with Crippen molar-refractivity contribution in [3.63, 3.8) is 0 Å². The van der Waals surface area contributed by atoms with Crippen molar-refractivity contribution in [1.82, 2.24) is 14.8 Å². The second kappa shape index (κ2) is 10.1. The van der Waals surface area contributed by atoms with E-state index in [0.717, 1.165) is 44.1 Å². The minimum absolute atomic E-state index is 0.0107. The lowest BCUT2D eigenvalue weighted by Crippen LogP contribution is -2.39. The van der Waals surface area contributed by atoms with Gasteiger partial charge < -0.3 is 19.9 Å². The van der Waals surface area contributed by atoms with E-state index in [9.17, 15) is 19.5 Å². The standard InChI is InChI=1S/C25H31N3O4/c29-14-13-27(15-18-7-3-1-4-8-18)25(32)22-17-28(20-9-5-2-6-10-20)16-21(23(22)30)24(31)26-19-11-12-19/h1,3-4,7-8,16-17,19-20,29H,2,5-6,9-15H2,(H,26,31). The van der Waals surface area contributed by atoms with Crippen LogP contribution in [0.25, 0.3) is 0 Å². The average Bonchev–Trinajstić information content (AvgIpc) is 3.63. The van der Waals surface area contributed by atoms with Crippen LogP contribution in [0.1, 0.15) is 77.3 Å². The number of carbonyl (C=O) groups excluding carboxylic acids is 2. The number of hydrogen-bond acceptors (Lipinski definition) is 4. The Morgan fingerprint density at radius 2 is 1.69 bits per heavy atom. The smallest absolute Gasteiger partial charge is 0.259 e. The number of benzene rings is 1. The molecule has 2 aromatic rings. The Morgan fingerprint density at radius 1 is 1.00 bits per heavy atom. The van der Waals surface area contributed by atoms with Crippen LogP contribution in [0.5, 0.6) is 0 Å². The number of pyridine rings is 1. The van der Waals surface area contributed by atoms with Crippen LogP contribution in [0.4, 0.5) is 0 Å². The van der Waals surface area contributed by atoms with Crippen LogP contribution in [0, 0.1) is 0 Å². The number of rotatable bonds is 8. The van der Waals surface area contributed by atoms with Crippen LogP contribution in [0.15, 0.2) is 47.5 Å². The van der Waals surface area contributed by atoms with Gasteiger partial charge >= 0.3 is 0 Å². The fraction of sp³-hybridized carbons (Fsp3) is 0.480. The first kappa shape index (κ1) is 22.3. The molecule has 2 amide bonds. The van der Waals surface area contributed by atoms with Crippen LogP contribution in [-0.2, 0) is 6.54 Å². The van der Waals surface area contributed by atoms with Crippen molar-refractivity contribution in [3.05, 3.63) is 69.6 Å². The fourth-order valence-electron chi connectivity index (χ4n) is 4.34. The maximum atomic E-state index is 13.5. The van der Waals surface area contributed by atoms with E-state index >= 15 is 0 Å². The second-order valence-electron chi connectivity index (χ2n) is 8.84. The summed E-state index contributed by atoms with van der Waals surface area (Å²) in [5.74, 6) is -0.869. The summed E-state index contributed by atoms with van der Waals surface area (Å²) < 4.78 is 1.90. The molecule has 2 N–H and O–H groups in total. The minimum atomic E-state index is -0.545. The summed E-state index contributed by atoms with van der Waals surface area (Å²) in [6.45, 7) is 0.175. The first-order valence-electron chi connectivity index (χ1n) is 11.6. The molecule has 7 nitrogen and oxygen atoms in total. The van der Waals surface area contributed by atoms with Crippen molar-refractivity contribution in [3.8, 4) is 0 Å². The molecule has 1 heterocycles. The maximum absolute atomic E-state index is 13.5. The highest BCUT2D eigenvalue weighted by Crippen LogP contribution is 2.28. The van der Waals surface area contributed by atoms with E-state index in [2.05, 4.69) is 5.32 Å². The van der Waals surface area contributed by atoms with Crippen LogP contribution in [0.3, 0.4) is 0 Å². The fourth-order valence-corrected chi connectivity index (χ4v) is 4.34. The zero-order chi connectivity index (χ0) is 22.5. The van der Waals surface area contributed by atoms with Crippen LogP contribution in [-0.4, -0.2) is 45.6 Å². The zero-order valence-corrected chi connectivity index (χ0v) is 18.3. The van der Waals surface area contributed by atoms with Crippen LogP contribution in [0.2, 0.25) is 0 Å². The highest BCUT2D eigenvalue weighted by Gasteiger charge is 2.29. The van der Waals surface area contributed by atoms with Gasteiger partial charge in [0.1, 0.15) is 11.1 Å². The number of aliphatic hydroxyl groups is 1. The number of aromatic nitrogens is 1. The lowest BCUT2D eigenvalue weighted by molar-refractivity contribution is 0.0705. The van der Waals surface area contributed by atoms with Crippen molar-refractivity contribution in [2.75, 3.05) is 13.2 Å². The molecule has 1 aromatic carbocycles. The largest absolute Gasteiger partial charge is 0.395 e. The Labute approximate surface area is 188 Å². The molecule has 0 saturated heterocycles. The summed E-state index contributed by atoms with van der Waals surface area (Å²) in [7, 11) is 0. The molecule has 32 heavy (non-hydrogen) atoms. The molecule has 7 heteroatoms. The summed E-state index contributed by atoms with van der Waals surface area (Å²) >= 11 is 0. The topological polar surface area (TPSA) is 91.6 Å². The molecule has 2 aliphatic carbocycles. The van der Waals surface area contributed by atoms with E-state index < -0.39 is 17.2 Å². The van der Waals surface area contributed by atoms with Gasteiger partial charge in [-0.25, -0.2) is 0 Å². The molecule has 0 aliphatic heterocycles. The third kappa shape index (κ3) is 5.27. The Hall–Kier alpha value is -2.93. The summed E-state index contributed by atoms with van der Waals surface area (Å²) in [4.78, 5) is 41.0. The van der Waals surface area contributed by atoms with E-state index in [0.29, 0.717) is 0 Å². The van der Waals surface area contributed by atoms with Crippen molar-refractivity contribution < 1.29 is 14.7 Å². The molecule has 0 bridgehead atoms. The highest BCUT2D eigenvalue weighted by atomic mass is 16.3. The number of amides is 2. The van der Waals surface area contributed by atoms with Gasteiger partial charge in [0.25, 0.3) is 11.8 Å².